The molecule has 4 aromatic rings. The molecule has 2 aromatic heterocycles. The van der Waals surface area contributed by atoms with Crippen molar-refractivity contribution in [3.05, 3.63) is 97.1 Å². The van der Waals surface area contributed by atoms with Gasteiger partial charge in [-0.15, -0.1) is 0 Å². The molecule has 0 aliphatic carbocycles. The van der Waals surface area contributed by atoms with Gasteiger partial charge in [-0.25, -0.2) is 8.78 Å². The van der Waals surface area contributed by atoms with Crippen LogP contribution < -0.4 is 0 Å². The van der Waals surface area contributed by atoms with Gasteiger partial charge in [0.2, 0.25) is 0 Å². The number of ether oxygens (including phenoxy) is 2. The van der Waals surface area contributed by atoms with Crippen molar-refractivity contribution >= 4 is 11.8 Å². The van der Waals surface area contributed by atoms with E-state index in [1.165, 1.54) is 24.3 Å². The highest BCUT2D eigenvalue weighted by molar-refractivity contribution is 8.00. The third-order valence-electron chi connectivity index (χ3n) is 8.40. The van der Waals surface area contributed by atoms with Crippen molar-refractivity contribution in [2.24, 2.45) is 0 Å². The minimum atomic E-state index is -1.37. The van der Waals surface area contributed by atoms with E-state index in [9.17, 15) is 39.4 Å². The summed E-state index contributed by atoms with van der Waals surface area (Å²) in [5, 5.41) is 65.1. The molecule has 45 heavy (non-hydrogen) atoms. The molecule has 10 atom stereocenters. The van der Waals surface area contributed by atoms with Crippen molar-refractivity contribution in [1.29, 1.82) is 0 Å². The highest BCUT2D eigenvalue weighted by Gasteiger charge is 2.50. The zero-order valence-electron chi connectivity index (χ0n) is 23.8. The van der Waals surface area contributed by atoms with Crippen molar-refractivity contribution in [3.63, 3.8) is 0 Å². The summed E-state index contributed by atoms with van der Waals surface area (Å²) < 4.78 is 42.6. The lowest BCUT2D eigenvalue weighted by atomic mass is 9.97. The molecule has 6 rings (SSSR count). The van der Waals surface area contributed by atoms with Crippen LogP contribution in [-0.4, -0.2) is 100 Å². The second kappa shape index (κ2) is 13.3. The maximum Gasteiger partial charge on any atom is 0.134 e. The van der Waals surface area contributed by atoms with Gasteiger partial charge in [-0.3, -0.25) is 0 Å². The van der Waals surface area contributed by atoms with E-state index in [1.54, 1.807) is 70.3 Å². The molecule has 2 aromatic carbocycles. The maximum absolute atomic E-state index is 13.8. The quantitative estimate of drug-likeness (QED) is 0.170. The lowest BCUT2D eigenvalue weighted by molar-refractivity contribution is -0.186. The summed E-state index contributed by atoms with van der Waals surface area (Å²) in [4.78, 5) is 0. The lowest BCUT2D eigenvalue weighted by Crippen LogP contribution is -2.58. The molecular weight excluding hydrogens is 610 g/mol. The molecule has 0 amide bonds. The van der Waals surface area contributed by atoms with Gasteiger partial charge in [-0.05, 0) is 58.7 Å². The van der Waals surface area contributed by atoms with Crippen LogP contribution in [0, 0.1) is 11.6 Å². The van der Waals surface area contributed by atoms with Crippen LogP contribution >= 0.6 is 11.8 Å². The first kappa shape index (κ1) is 31.9. The molecule has 2 saturated heterocycles. The minimum absolute atomic E-state index is 0.413. The van der Waals surface area contributed by atoms with Crippen LogP contribution in [0.2, 0.25) is 0 Å². The Morgan fingerprint density at radius 3 is 1.40 bits per heavy atom. The topological polar surface area (TPSA) is 150 Å². The fourth-order valence-corrected chi connectivity index (χ4v) is 7.39. The van der Waals surface area contributed by atoms with Crippen LogP contribution in [0.25, 0.3) is 22.3 Å². The molecule has 6 N–H and O–H groups in total. The number of aliphatic hydroxyl groups is 6. The van der Waals surface area contributed by atoms with Crippen molar-refractivity contribution in [2.45, 2.75) is 59.6 Å². The molecule has 2 aliphatic heterocycles. The molecule has 13 heteroatoms. The third kappa shape index (κ3) is 6.32. The predicted molar refractivity (Wildman–Crippen MR) is 161 cm³/mol. The number of aromatic nitrogens is 2. The van der Waals surface area contributed by atoms with Gasteiger partial charge in [0.15, 0.2) is 0 Å². The van der Waals surface area contributed by atoms with Crippen LogP contribution in [-0.2, 0) is 9.47 Å². The summed E-state index contributed by atoms with van der Waals surface area (Å²) in [5.74, 6) is -0.826. The molecule has 2 aliphatic rings. The first-order chi connectivity index (χ1) is 21.7. The second-order valence-electron chi connectivity index (χ2n) is 11.2. The van der Waals surface area contributed by atoms with Crippen molar-refractivity contribution in [3.8, 4) is 22.3 Å². The van der Waals surface area contributed by atoms with E-state index in [1.807, 2.05) is 0 Å². The van der Waals surface area contributed by atoms with Crippen LogP contribution in [0.1, 0.15) is 12.1 Å². The molecule has 0 bridgehead atoms. The molecule has 0 spiro atoms. The van der Waals surface area contributed by atoms with Gasteiger partial charge >= 0.3 is 0 Å². The Morgan fingerprint density at radius 1 is 0.600 bits per heavy atom. The highest BCUT2D eigenvalue weighted by atomic mass is 32.2. The summed E-state index contributed by atoms with van der Waals surface area (Å²) in [6.07, 6.45) is -1.07. The van der Waals surface area contributed by atoms with Gasteiger partial charge in [0.25, 0.3) is 0 Å². The number of nitrogens with zero attached hydrogens (tertiary/aromatic N) is 2. The predicted octanol–water partition coefficient (Wildman–Crippen LogP) is 2.30. The zero-order chi connectivity index (χ0) is 31.8. The average Bonchev–Trinajstić information content (AvgIpc) is 3.71. The number of thioether (sulfide) groups is 1. The van der Waals surface area contributed by atoms with E-state index >= 15 is 0 Å². The fourth-order valence-electron chi connectivity index (χ4n) is 6.07. The minimum Gasteiger partial charge on any atom is -0.394 e. The third-order valence-corrected chi connectivity index (χ3v) is 9.71. The maximum atomic E-state index is 13.8. The van der Waals surface area contributed by atoms with Gasteiger partial charge in [0, 0.05) is 24.8 Å². The van der Waals surface area contributed by atoms with E-state index in [0.717, 1.165) is 11.8 Å². The zero-order valence-corrected chi connectivity index (χ0v) is 24.6. The number of rotatable bonds is 8. The Balaban J connectivity index is 1.25. The summed E-state index contributed by atoms with van der Waals surface area (Å²) in [5.41, 5.74) is 0.221. The van der Waals surface area contributed by atoms with Crippen molar-refractivity contribution in [1.82, 2.24) is 9.13 Å². The molecule has 6 unspecified atom stereocenters. The van der Waals surface area contributed by atoms with E-state index in [2.05, 4.69) is 0 Å². The first-order valence-corrected chi connectivity index (χ1v) is 15.4. The van der Waals surface area contributed by atoms with Gasteiger partial charge in [0.05, 0.1) is 25.3 Å². The summed E-state index contributed by atoms with van der Waals surface area (Å²) in [6, 6.07) is 13.4. The van der Waals surface area contributed by atoms with Crippen LogP contribution in [0.15, 0.2) is 85.5 Å². The summed E-state index contributed by atoms with van der Waals surface area (Å²) in [7, 11) is 0. The van der Waals surface area contributed by atoms with Crippen molar-refractivity contribution < 1.29 is 48.9 Å². The van der Waals surface area contributed by atoms with Crippen molar-refractivity contribution in [2.75, 3.05) is 13.2 Å². The summed E-state index contributed by atoms with van der Waals surface area (Å²) >= 11 is 0.892. The monoisotopic (exact) mass is 644 g/mol. The Morgan fingerprint density at radius 2 is 1.02 bits per heavy atom. The molecule has 0 radical (unpaired) electrons. The Bertz CT molecular complexity index is 1490. The normalized spacial score (nSPS) is 32.1. The number of halogens is 2. The molecule has 240 valence electrons. The van der Waals surface area contributed by atoms with Gasteiger partial charge in [0.1, 0.15) is 59.1 Å². The molecular formula is C32H34F2N2O8S. The Hall–Kier alpha value is -3.11. The van der Waals surface area contributed by atoms with Gasteiger partial charge < -0.3 is 49.2 Å². The molecule has 2 fully saturated rings. The SMILES string of the molecule is OCC1O[C@@H](S[C@@H]2OC(CO)[C@H](O)C(n3ccc(-c4cccc(F)c4)c3)C2O)C(O)C(n2ccc(-c3cccc(F)c3)c2)[C@H]1O. The highest BCUT2D eigenvalue weighted by Crippen LogP contribution is 2.43. The number of hydrogen-bond acceptors (Lipinski definition) is 9. The molecule has 4 heterocycles. The Labute approximate surface area is 261 Å². The van der Waals surface area contributed by atoms with E-state index in [-0.39, 0.29) is 0 Å². The standard InChI is InChI=1S/C32H34F2N2O8S/c33-21-5-1-3-17(11-21)19-7-9-35(13-19)25-27(39)23(15-37)43-31(29(25)41)45-32-30(42)26(28(40)24(16-38)44-32)36-10-8-20(14-36)18-4-2-6-22(34)12-18/h1-14,23-32,37-42H,15-16H2/t23?,24?,25?,26?,27-,28-,29?,30?,31-,32-/m0/s1. The smallest absolute Gasteiger partial charge is 0.134 e. The number of hydrogen-bond donors (Lipinski definition) is 6. The average molecular weight is 645 g/mol. The van der Waals surface area contributed by atoms with Gasteiger partial charge in [-0.2, -0.15) is 0 Å². The fraction of sp³-hybridized carbons (Fsp3) is 0.375. The van der Waals surface area contributed by atoms with E-state index in [0.29, 0.717) is 22.3 Å². The first-order valence-electron chi connectivity index (χ1n) is 14.5. The van der Waals surface area contributed by atoms with Gasteiger partial charge in [-0.1, -0.05) is 36.0 Å². The van der Waals surface area contributed by atoms with Crippen LogP contribution in [0.4, 0.5) is 8.78 Å². The molecule has 10 nitrogen and oxygen atoms in total. The second-order valence-corrected chi connectivity index (χ2v) is 12.4. The summed E-state index contributed by atoms with van der Waals surface area (Å²) in [6.45, 7) is -1.14. The largest absolute Gasteiger partial charge is 0.394 e. The van der Waals surface area contributed by atoms with E-state index < -0.39 is 84.4 Å². The number of aliphatic hydroxyl groups excluding tert-OH is 6. The van der Waals surface area contributed by atoms with E-state index in [4.69, 9.17) is 9.47 Å². The lowest BCUT2D eigenvalue weighted by Gasteiger charge is -2.47. The molecule has 0 saturated carbocycles. The Kier molecular flexibility index (Phi) is 9.43. The number of benzene rings is 2. The van der Waals surface area contributed by atoms with Crippen LogP contribution in [0.5, 0.6) is 0 Å². The van der Waals surface area contributed by atoms with Crippen LogP contribution in [0.3, 0.4) is 0 Å².